The number of hydrogen-bond acceptors (Lipinski definition) is 7. The van der Waals surface area contributed by atoms with Crippen LogP contribution in [0, 0.1) is 0 Å². The van der Waals surface area contributed by atoms with E-state index < -0.39 is 0 Å². The highest BCUT2D eigenvalue weighted by molar-refractivity contribution is 6.30. The van der Waals surface area contributed by atoms with E-state index in [0.29, 0.717) is 6.54 Å². The summed E-state index contributed by atoms with van der Waals surface area (Å²) in [4.78, 5) is 4.92. The predicted octanol–water partition coefficient (Wildman–Crippen LogP) is 2.83. The Morgan fingerprint density at radius 1 is 1.00 bits per heavy atom. The number of tetrazole rings is 1. The maximum absolute atomic E-state index is 6.16. The van der Waals surface area contributed by atoms with Crippen LogP contribution in [0.1, 0.15) is 29.9 Å². The van der Waals surface area contributed by atoms with Gasteiger partial charge >= 0.3 is 0 Å². The third-order valence-corrected chi connectivity index (χ3v) is 6.23. The van der Waals surface area contributed by atoms with Crippen molar-refractivity contribution in [2.75, 3.05) is 39.5 Å². The van der Waals surface area contributed by atoms with Crippen LogP contribution < -0.4 is 9.47 Å². The van der Waals surface area contributed by atoms with E-state index in [1.165, 1.54) is 0 Å². The lowest BCUT2D eigenvalue weighted by Crippen LogP contribution is -2.48. The molecule has 0 amide bonds. The standard InChI is InChI=1S/C22H25ClN6O2/c1-2-27-9-11-28(12-10-27)21(17-4-6-18(23)7-5-17)22-24-25-26-29(22)14-16-3-8-19-20(13-16)31-15-30-19/h3-8,13,21H,2,9-12,14-15H2,1H3. The second-order valence-corrected chi connectivity index (χ2v) is 8.24. The van der Waals surface area contributed by atoms with E-state index in [9.17, 15) is 0 Å². The highest BCUT2D eigenvalue weighted by Gasteiger charge is 2.30. The van der Waals surface area contributed by atoms with Gasteiger partial charge in [0.1, 0.15) is 0 Å². The minimum atomic E-state index is -0.0414. The molecule has 5 rings (SSSR count). The molecule has 0 bridgehead atoms. The number of halogens is 1. The minimum Gasteiger partial charge on any atom is -0.454 e. The minimum absolute atomic E-state index is 0.0414. The van der Waals surface area contributed by atoms with Crippen LogP contribution in [0.25, 0.3) is 0 Å². The third-order valence-electron chi connectivity index (χ3n) is 5.98. The van der Waals surface area contributed by atoms with E-state index in [2.05, 4.69) is 44.4 Å². The average molecular weight is 441 g/mol. The first-order valence-electron chi connectivity index (χ1n) is 10.6. The zero-order valence-corrected chi connectivity index (χ0v) is 18.2. The van der Waals surface area contributed by atoms with Crippen molar-refractivity contribution in [3.63, 3.8) is 0 Å². The van der Waals surface area contributed by atoms with Crippen LogP contribution in [-0.2, 0) is 6.54 Å². The first-order valence-corrected chi connectivity index (χ1v) is 11.0. The van der Waals surface area contributed by atoms with Crippen molar-refractivity contribution in [2.45, 2.75) is 19.5 Å². The van der Waals surface area contributed by atoms with Crippen LogP contribution in [-0.4, -0.2) is 69.5 Å². The number of hydrogen-bond donors (Lipinski definition) is 0. The van der Waals surface area contributed by atoms with Gasteiger partial charge in [-0.1, -0.05) is 36.7 Å². The number of likely N-dealkylation sites (N-methyl/N-ethyl adjacent to an activating group) is 1. The molecule has 1 aromatic heterocycles. The molecule has 3 heterocycles. The molecule has 3 aromatic rings. The van der Waals surface area contributed by atoms with Crippen molar-refractivity contribution in [1.82, 2.24) is 30.0 Å². The molecule has 1 fully saturated rings. The molecule has 8 nitrogen and oxygen atoms in total. The monoisotopic (exact) mass is 440 g/mol. The Morgan fingerprint density at radius 2 is 1.77 bits per heavy atom. The molecule has 31 heavy (non-hydrogen) atoms. The highest BCUT2D eigenvalue weighted by atomic mass is 35.5. The maximum atomic E-state index is 6.16. The summed E-state index contributed by atoms with van der Waals surface area (Å²) in [5, 5.41) is 13.5. The molecule has 2 aliphatic heterocycles. The Hall–Kier alpha value is -2.68. The van der Waals surface area contributed by atoms with E-state index >= 15 is 0 Å². The van der Waals surface area contributed by atoms with E-state index in [1.54, 1.807) is 0 Å². The Kier molecular flexibility index (Phi) is 5.76. The molecule has 2 aliphatic rings. The van der Waals surface area contributed by atoms with Gasteiger partial charge in [0.2, 0.25) is 6.79 Å². The molecule has 2 aromatic carbocycles. The molecular formula is C22H25ClN6O2. The molecule has 0 N–H and O–H groups in total. The van der Waals surface area contributed by atoms with Crippen molar-refractivity contribution in [2.24, 2.45) is 0 Å². The fourth-order valence-corrected chi connectivity index (χ4v) is 4.36. The summed E-state index contributed by atoms with van der Waals surface area (Å²) in [5.74, 6) is 2.36. The van der Waals surface area contributed by atoms with Gasteiger partial charge in [-0.3, -0.25) is 4.90 Å². The van der Waals surface area contributed by atoms with Crippen LogP contribution in [0.3, 0.4) is 0 Å². The summed E-state index contributed by atoms with van der Waals surface area (Å²) in [6.07, 6.45) is 0. The molecule has 0 saturated carbocycles. The number of benzene rings is 2. The summed E-state index contributed by atoms with van der Waals surface area (Å²) in [6.45, 7) is 8.07. The SMILES string of the molecule is CCN1CCN(C(c2ccc(Cl)cc2)c2nnnn2Cc2ccc3c(c2)OCO3)CC1. The largest absolute Gasteiger partial charge is 0.454 e. The van der Waals surface area contributed by atoms with Crippen molar-refractivity contribution in [3.8, 4) is 11.5 Å². The van der Waals surface area contributed by atoms with Crippen molar-refractivity contribution in [1.29, 1.82) is 0 Å². The molecule has 0 spiro atoms. The van der Waals surface area contributed by atoms with Crippen LogP contribution in [0.2, 0.25) is 5.02 Å². The van der Waals surface area contributed by atoms with Gasteiger partial charge in [0.25, 0.3) is 0 Å². The molecule has 0 radical (unpaired) electrons. The normalized spacial score (nSPS) is 17.7. The van der Waals surface area contributed by atoms with Crippen LogP contribution in [0.5, 0.6) is 11.5 Å². The van der Waals surface area contributed by atoms with Crippen LogP contribution in [0.15, 0.2) is 42.5 Å². The van der Waals surface area contributed by atoms with Gasteiger partial charge < -0.3 is 14.4 Å². The first kappa shape index (κ1) is 20.2. The van der Waals surface area contributed by atoms with E-state index in [-0.39, 0.29) is 12.8 Å². The fourth-order valence-electron chi connectivity index (χ4n) is 4.24. The molecule has 162 valence electrons. The lowest BCUT2D eigenvalue weighted by Gasteiger charge is -2.38. The second-order valence-electron chi connectivity index (χ2n) is 7.81. The van der Waals surface area contributed by atoms with Crippen molar-refractivity contribution in [3.05, 3.63) is 64.4 Å². The lowest BCUT2D eigenvalue weighted by atomic mass is 10.0. The predicted molar refractivity (Wildman–Crippen MR) is 116 cm³/mol. The Labute approximate surface area is 186 Å². The van der Waals surface area contributed by atoms with E-state index in [1.807, 2.05) is 35.0 Å². The van der Waals surface area contributed by atoms with Crippen molar-refractivity contribution < 1.29 is 9.47 Å². The molecular weight excluding hydrogens is 416 g/mol. The highest BCUT2D eigenvalue weighted by Crippen LogP contribution is 2.33. The zero-order valence-electron chi connectivity index (χ0n) is 17.4. The Bertz CT molecular complexity index is 1030. The molecule has 9 heteroatoms. The molecule has 0 aliphatic carbocycles. The number of fused-ring (bicyclic) bond motifs is 1. The zero-order chi connectivity index (χ0) is 21.2. The van der Waals surface area contributed by atoms with Gasteiger partial charge in [-0.25, -0.2) is 4.68 Å². The van der Waals surface area contributed by atoms with Gasteiger partial charge in [0, 0.05) is 31.2 Å². The van der Waals surface area contributed by atoms with Gasteiger partial charge in [0.15, 0.2) is 17.3 Å². The fraction of sp³-hybridized carbons (Fsp3) is 0.409. The molecule has 1 unspecified atom stereocenters. The summed E-state index contributed by atoms with van der Waals surface area (Å²) in [6, 6.07) is 13.9. The number of nitrogens with zero attached hydrogens (tertiary/aromatic N) is 6. The maximum Gasteiger partial charge on any atom is 0.231 e. The summed E-state index contributed by atoms with van der Waals surface area (Å²) >= 11 is 6.16. The van der Waals surface area contributed by atoms with Gasteiger partial charge in [-0.15, -0.1) is 5.10 Å². The molecule has 1 atom stereocenters. The van der Waals surface area contributed by atoms with Gasteiger partial charge in [-0.2, -0.15) is 0 Å². The van der Waals surface area contributed by atoms with Crippen LogP contribution >= 0.6 is 11.6 Å². The Balaban J connectivity index is 1.46. The van der Waals surface area contributed by atoms with Crippen LogP contribution in [0.4, 0.5) is 0 Å². The van der Waals surface area contributed by atoms with E-state index in [0.717, 1.165) is 66.2 Å². The van der Waals surface area contributed by atoms with Crippen molar-refractivity contribution >= 4 is 11.6 Å². The number of piperazine rings is 1. The third kappa shape index (κ3) is 4.23. The summed E-state index contributed by atoms with van der Waals surface area (Å²) < 4.78 is 12.8. The topological polar surface area (TPSA) is 68.5 Å². The lowest BCUT2D eigenvalue weighted by molar-refractivity contribution is 0.108. The van der Waals surface area contributed by atoms with Gasteiger partial charge in [0.05, 0.1) is 12.6 Å². The summed E-state index contributed by atoms with van der Waals surface area (Å²) in [7, 11) is 0. The first-order chi connectivity index (χ1) is 15.2. The van der Waals surface area contributed by atoms with Gasteiger partial charge in [-0.05, 0) is 52.4 Å². The average Bonchev–Trinajstić information content (AvgIpc) is 3.45. The quantitative estimate of drug-likeness (QED) is 0.583. The number of aromatic nitrogens is 4. The second kappa shape index (κ2) is 8.82. The number of ether oxygens (including phenoxy) is 2. The van der Waals surface area contributed by atoms with E-state index in [4.69, 9.17) is 21.1 Å². The smallest absolute Gasteiger partial charge is 0.231 e. The summed E-state index contributed by atoms with van der Waals surface area (Å²) in [5.41, 5.74) is 2.19. The molecule has 1 saturated heterocycles. The Morgan fingerprint density at radius 3 is 2.55 bits per heavy atom. The number of rotatable bonds is 6.